The van der Waals surface area contributed by atoms with Crippen LogP contribution in [0.4, 0.5) is 15.9 Å². The Bertz CT molecular complexity index is 792. The van der Waals surface area contributed by atoms with E-state index in [-0.39, 0.29) is 22.6 Å². The lowest BCUT2D eigenvalue weighted by Gasteiger charge is -2.16. The molecule has 0 unspecified atom stereocenters. The van der Waals surface area contributed by atoms with Crippen molar-refractivity contribution in [1.29, 1.82) is 0 Å². The zero-order chi connectivity index (χ0) is 17.0. The van der Waals surface area contributed by atoms with Crippen molar-refractivity contribution < 1.29 is 14.0 Å². The normalized spacial score (nSPS) is 10.4. The van der Waals surface area contributed by atoms with Crippen LogP contribution in [0.3, 0.4) is 0 Å². The van der Waals surface area contributed by atoms with Gasteiger partial charge in [-0.05, 0) is 30.5 Å². The predicted octanol–water partition coefficient (Wildman–Crippen LogP) is 2.28. The van der Waals surface area contributed by atoms with Crippen molar-refractivity contribution in [3.8, 4) is 0 Å². The van der Waals surface area contributed by atoms with E-state index in [1.807, 2.05) is 6.26 Å². The number of benzene rings is 1. The molecule has 2 rings (SSSR count). The zero-order valence-electron chi connectivity index (χ0n) is 12.8. The molecule has 8 heteroatoms. The Hall–Kier alpha value is -2.32. The number of amides is 1. The molecule has 6 nitrogen and oxygen atoms in total. The van der Waals surface area contributed by atoms with Crippen LogP contribution < -0.4 is 16.4 Å². The van der Waals surface area contributed by atoms with E-state index in [1.165, 1.54) is 48.7 Å². The molecule has 2 aromatic rings. The summed E-state index contributed by atoms with van der Waals surface area (Å²) in [5, 5.41) is 2.80. The first-order valence-corrected chi connectivity index (χ1v) is 7.84. The van der Waals surface area contributed by atoms with Gasteiger partial charge in [0.15, 0.2) is 0 Å². The summed E-state index contributed by atoms with van der Waals surface area (Å²) in [6, 6.07) is 7.28. The SMILES string of the molecule is CONC(=O)c1ccc(=O)n(C)c1Nc1ccc(SC)cc1F. The van der Waals surface area contributed by atoms with Crippen molar-refractivity contribution in [2.75, 3.05) is 18.7 Å². The number of aromatic nitrogens is 1. The van der Waals surface area contributed by atoms with Gasteiger partial charge < -0.3 is 5.32 Å². The van der Waals surface area contributed by atoms with E-state index in [0.717, 1.165) is 4.90 Å². The quantitative estimate of drug-likeness (QED) is 0.647. The summed E-state index contributed by atoms with van der Waals surface area (Å²) in [5.41, 5.74) is 2.16. The first kappa shape index (κ1) is 17.0. The third kappa shape index (κ3) is 3.72. The average molecular weight is 337 g/mol. The Labute approximate surface area is 136 Å². The Balaban J connectivity index is 2.48. The Kier molecular flexibility index (Phi) is 5.41. The summed E-state index contributed by atoms with van der Waals surface area (Å²) >= 11 is 1.41. The van der Waals surface area contributed by atoms with E-state index >= 15 is 0 Å². The molecule has 0 atom stereocenters. The molecule has 2 N–H and O–H groups in total. The number of hydroxylamine groups is 1. The number of hydrogen-bond acceptors (Lipinski definition) is 5. The van der Waals surface area contributed by atoms with E-state index in [4.69, 9.17) is 0 Å². The summed E-state index contributed by atoms with van der Waals surface area (Å²) in [5.74, 6) is -0.860. The number of nitrogens with one attached hydrogen (secondary N) is 2. The standard InChI is InChI=1S/C15H16FN3O3S/c1-19-13(20)7-5-10(15(21)18-22-2)14(19)17-12-6-4-9(23-3)8-11(12)16/h4-8,17H,1-3H3,(H,18,21). The summed E-state index contributed by atoms with van der Waals surface area (Å²) in [7, 11) is 2.79. The molecule has 0 spiro atoms. The van der Waals surface area contributed by atoms with Crippen LogP contribution in [-0.2, 0) is 11.9 Å². The van der Waals surface area contributed by atoms with Gasteiger partial charge in [0.25, 0.3) is 11.5 Å². The minimum atomic E-state index is -0.549. The summed E-state index contributed by atoms with van der Waals surface area (Å²) in [6.07, 6.45) is 1.84. The van der Waals surface area contributed by atoms with E-state index in [2.05, 4.69) is 15.6 Å². The fourth-order valence-corrected chi connectivity index (χ4v) is 2.40. The molecule has 1 aromatic heterocycles. The lowest BCUT2D eigenvalue weighted by molar-refractivity contribution is 0.0538. The average Bonchev–Trinajstić information content (AvgIpc) is 2.53. The van der Waals surface area contributed by atoms with Crippen LogP contribution in [0.5, 0.6) is 0 Å². The van der Waals surface area contributed by atoms with Gasteiger partial charge >= 0.3 is 0 Å². The number of carbonyl (C=O) groups excluding carboxylic acids is 1. The molecule has 0 aliphatic heterocycles. The number of halogens is 1. The highest BCUT2D eigenvalue weighted by atomic mass is 32.2. The van der Waals surface area contributed by atoms with Crippen molar-refractivity contribution in [1.82, 2.24) is 10.0 Å². The second-order valence-electron chi connectivity index (χ2n) is 4.60. The number of anilines is 2. The largest absolute Gasteiger partial charge is 0.339 e. The first-order chi connectivity index (χ1) is 11.0. The predicted molar refractivity (Wildman–Crippen MR) is 87.6 cm³/mol. The Morgan fingerprint density at radius 2 is 2.04 bits per heavy atom. The molecule has 23 heavy (non-hydrogen) atoms. The maximum atomic E-state index is 14.1. The second-order valence-corrected chi connectivity index (χ2v) is 5.48. The molecule has 0 fully saturated rings. The smallest absolute Gasteiger partial charge is 0.278 e. The molecular formula is C15H16FN3O3S. The van der Waals surface area contributed by atoms with E-state index in [0.29, 0.717) is 0 Å². The van der Waals surface area contributed by atoms with Gasteiger partial charge in [-0.3, -0.25) is 19.0 Å². The fourth-order valence-electron chi connectivity index (χ4n) is 1.97. The highest BCUT2D eigenvalue weighted by Gasteiger charge is 2.16. The van der Waals surface area contributed by atoms with E-state index in [1.54, 1.807) is 12.1 Å². The van der Waals surface area contributed by atoms with Crippen LogP contribution >= 0.6 is 11.8 Å². The molecule has 0 saturated heterocycles. The van der Waals surface area contributed by atoms with Gasteiger partial charge in [0.05, 0.1) is 18.4 Å². The van der Waals surface area contributed by atoms with Gasteiger partial charge in [0.2, 0.25) is 0 Å². The summed E-state index contributed by atoms with van der Waals surface area (Å²) < 4.78 is 15.4. The molecule has 0 aliphatic carbocycles. The number of hydrogen-bond donors (Lipinski definition) is 2. The Morgan fingerprint density at radius 1 is 1.30 bits per heavy atom. The molecule has 0 saturated carbocycles. The number of thioether (sulfide) groups is 1. The molecule has 122 valence electrons. The van der Waals surface area contributed by atoms with E-state index in [9.17, 15) is 14.0 Å². The first-order valence-electron chi connectivity index (χ1n) is 6.62. The van der Waals surface area contributed by atoms with Crippen LogP contribution in [0, 0.1) is 5.82 Å². The van der Waals surface area contributed by atoms with Crippen molar-refractivity contribution in [3.05, 3.63) is 52.1 Å². The molecule has 1 aromatic carbocycles. The molecule has 0 aliphatic rings. The second kappa shape index (κ2) is 7.30. The maximum absolute atomic E-state index is 14.1. The summed E-state index contributed by atoms with van der Waals surface area (Å²) in [6.45, 7) is 0. The lowest BCUT2D eigenvalue weighted by atomic mass is 10.2. The number of carbonyl (C=O) groups is 1. The zero-order valence-corrected chi connectivity index (χ0v) is 13.7. The van der Waals surface area contributed by atoms with E-state index < -0.39 is 11.7 Å². The minimum Gasteiger partial charge on any atom is -0.339 e. The Morgan fingerprint density at radius 3 is 2.65 bits per heavy atom. The number of rotatable bonds is 5. The molecule has 0 bridgehead atoms. The fraction of sp³-hybridized carbons (Fsp3) is 0.200. The number of pyridine rings is 1. The van der Waals surface area contributed by atoms with Crippen molar-refractivity contribution >= 4 is 29.2 Å². The van der Waals surface area contributed by atoms with Gasteiger partial charge in [-0.25, -0.2) is 9.87 Å². The van der Waals surface area contributed by atoms with Crippen molar-refractivity contribution in [2.24, 2.45) is 7.05 Å². The van der Waals surface area contributed by atoms with Gasteiger partial charge in [-0.2, -0.15) is 0 Å². The number of nitrogens with zero attached hydrogens (tertiary/aromatic N) is 1. The van der Waals surface area contributed by atoms with Crippen LogP contribution in [0.25, 0.3) is 0 Å². The maximum Gasteiger partial charge on any atom is 0.278 e. The molecule has 0 radical (unpaired) electrons. The highest BCUT2D eigenvalue weighted by Crippen LogP contribution is 2.25. The summed E-state index contributed by atoms with van der Waals surface area (Å²) in [4.78, 5) is 29.2. The van der Waals surface area contributed by atoms with Crippen LogP contribution in [0.15, 0.2) is 40.0 Å². The van der Waals surface area contributed by atoms with Crippen LogP contribution in [-0.4, -0.2) is 23.8 Å². The van der Waals surface area contributed by atoms with Crippen LogP contribution in [0.1, 0.15) is 10.4 Å². The van der Waals surface area contributed by atoms with Gasteiger partial charge in [0.1, 0.15) is 11.6 Å². The van der Waals surface area contributed by atoms with Gasteiger partial charge in [0, 0.05) is 18.0 Å². The van der Waals surface area contributed by atoms with Crippen molar-refractivity contribution in [2.45, 2.75) is 4.90 Å². The molecular weight excluding hydrogens is 321 g/mol. The topological polar surface area (TPSA) is 72.4 Å². The highest BCUT2D eigenvalue weighted by molar-refractivity contribution is 7.98. The minimum absolute atomic E-state index is 0.155. The van der Waals surface area contributed by atoms with Gasteiger partial charge in [-0.1, -0.05) is 0 Å². The molecule has 1 heterocycles. The lowest BCUT2D eigenvalue weighted by Crippen LogP contribution is -2.27. The van der Waals surface area contributed by atoms with Crippen molar-refractivity contribution in [3.63, 3.8) is 0 Å². The monoisotopic (exact) mass is 337 g/mol. The third-order valence-corrected chi connectivity index (χ3v) is 3.91. The third-order valence-electron chi connectivity index (χ3n) is 3.18. The van der Waals surface area contributed by atoms with Crippen LogP contribution in [0.2, 0.25) is 0 Å². The van der Waals surface area contributed by atoms with Gasteiger partial charge in [-0.15, -0.1) is 11.8 Å². The molecule has 1 amide bonds.